The van der Waals surface area contributed by atoms with Crippen molar-refractivity contribution in [2.45, 2.75) is 5.92 Å². The summed E-state index contributed by atoms with van der Waals surface area (Å²) in [7, 11) is 0. The number of alkyl halides is 1. The number of hydrogen-bond donors (Lipinski definition) is 1. The Balaban J connectivity index is 2.87. The van der Waals surface area contributed by atoms with Gasteiger partial charge in [-0.1, -0.05) is 28.1 Å². The first kappa shape index (κ1) is 9.26. The first-order chi connectivity index (χ1) is 5.77. The van der Waals surface area contributed by atoms with Crippen LogP contribution in [0.2, 0.25) is 0 Å². The zero-order chi connectivity index (χ0) is 8.97. The molecule has 1 aromatic carbocycles. The second-order valence-corrected chi connectivity index (χ2v) is 3.21. The van der Waals surface area contributed by atoms with Gasteiger partial charge in [-0.05, 0) is 17.7 Å². The summed E-state index contributed by atoms with van der Waals surface area (Å²) in [5.74, 6) is -0.0643. The second-order valence-electron chi connectivity index (χ2n) is 2.56. The molecule has 2 nitrogen and oxygen atoms in total. The Kier molecular flexibility index (Phi) is 3.29. The molecule has 1 rings (SSSR count). The van der Waals surface area contributed by atoms with E-state index in [1.165, 1.54) is 0 Å². The minimum Gasteiger partial charge on any atom is -0.399 e. The van der Waals surface area contributed by atoms with Crippen LogP contribution in [0.3, 0.4) is 0 Å². The van der Waals surface area contributed by atoms with Gasteiger partial charge < -0.3 is 10.5 Å². The van der Waals surface area contributed by atoms with Gasteiger partial charge in [0, 0.05) is 16.9 Å². The summed E-state index contributed by atoms with van der Waals surface area (Å²) in [4.78, 5) is 10.6. The number of hydrogen-bond acceptors (Lipinski definition) is 2. The molecule has 0 spiro atoms. The zero-order valence-electron chi connectivity index (χ0n) is 6.53. The Morgan fingerprint density at radius 3 is 2.42 bits per heavy atom. The Hall–Kier alpha value is -0.830. The number of halogens is 1. The van der Waals surface area contributed by atoms with Gasteiger partial charge in [-0.25, -0.2) is 0 Å². The average molecular weight is 228 g/mol. The number of nitrogens with two attached hydrogens (primary N) is 1. The van der Waals surface area contributed by atoms with Gasteiger partial charge >= 0.3 is 0 Å². The number of nitrogen functional groups attached to an aromatic ring is 1. The molecule has 12 heavy (non-hydrogen) atoms. The van der Waals surface area contributed by atoms with Crippen molar-refractivity contribution < 1.29 is 4.79 Å². The lowest BCUT2D eigenvalue weighted by Gasteiger charge is -2.05. The van der Waals surface area contributed by atoms with Crippen molar-refractivity contribution in [1.29, 1.82) is 0 Å². The van der Waals surface area contributed by atoms with Crippen LogP contribution in [0.25, 0.3) is 0 Å². The Labute approximate surface area is 79.9 Å². The van der Waals surface area contributed by atoms with E-state index in [9.17, 15) is 4.79 Å². The molecule has 0 bridgehead atoms. The Bertz CT molecular complexity index is 258. The third-order valence-corrected chi connectivity index (χ3v) is 2.39. The van der Waals surface area contributed by atoms with E-state index in [0.717, 1.165) is 17.5 Å². The number of benzene rings is 1. The van der Waals surface area contributed by atoms with Crippen LogP contribution in [0.1, 0.15) is 11.5 Å². The molecule has 0 aromatic heterocycles. The van der Waals surface area contributed by atoms with E-state index in [1.54, 1.807) is 12.1 Å². The molecule has 0 aliphatic rings. The lowest BCUT2D eigenvalue weighted by Crippen LogP contribution is -2.01. The zero-order valence-corrected chi connectivity index (χ0v) is 8.12. The van der Waals surface area contributed by atoms with Gasteiger partial charge in [0.2, 0.25) is 0 Å². The van der Waals surface area contributed by atoms with Crippen LogP contribution in [0, 0.1) is 0 Å². The summed E-state index contributed by atoms with van der Waals surface area (Å²) in [5.41, 5.74) is 7.23. The highest BCUT2D eigenvalue weighted by Crippen LogP contribution is 2.16. The molecule has 1 atom stereocenters. The van der Waals surface area contributed by atoms with Crippen LogP contribution >= 0.6 is 15.9 Å². The predicted octanol–water partition coefficient (Wildman–Crippen LogP) is 1.95. The maximum absolute atomic E-state index is 10.6. The molecule has 3 heteroatoms. The van der Waals surface area contributed by atoms with Crippen molar-refractivity contribution in [3.8, 4) is 0 Å². The van der Waals surface area contributed by atoms with E-state index in [2.05, 4.69) is 15.9 Å². The van der Waals surface area contributed by atoms with Gasteiger partial charge in [-0.15, -0.1) is 0 Å². The molecule has 0 saturated heterocycles. The number of carbonyl (C=O) groups is 1. The third kappa shape index (κ3) is 2.08. The fraction of sp³-hybridized carbons (Fsp3) is 0.222. The van der Waals surface area contributed by atoms with Crippen molar-refractivity contribution in [2.24, 2.45) is 0 Å². The van der Waals surface area contributed by atoms with Crippen molar-refractivity contribution >= 4 is 27.9 Å². The number of carbonyl (C=O) groups excluding carboxylic acids is 1. The Morgan fingerprint density at radius 2 is 2.00 bits per heavy atom. The Morgan fingerprint density at radius 1 is 1.42 bits per heavy atom. The minimum atomic E-state index is -0.0643. The van der Waals surface area contributed by atoms with Crippen LogP contribution in [-0.2, 0) is 4.79 Å². The van der Waals surface area contributed by atoms with Crippen molar-refractivity contribution in [3.05, 3.63) is 29.8 Å². The predicted molar refractivity (Wildman–Crippen MR) is 53.5 cm³/mol. The molecule has 1 aromatic rings. The van der Waals surface area contributed by atoms with Gasteiger partial charge in [0.15, 0.2) is 0 Å². The van der Waals surface area contributed by atoms with Gasteiger partial charge in [0.25, 0.3) is 0 Å². The molecule has 1 unspecified atom stereocenters. The monoisotopic (exact) mass is 227 g/mol. The largest absolute Gasteiger partial charge is 0.399 e. The van der Waals surface area contributed by atoms with E-state index >= 15 is 0 Å². The molecule has 0 radical (unpaired) electrons. The lowest BCUT2D eigenvalue weighted by molar-refractivity contribution is -0.108. The van der Waals surface area contributed by atoms with Crippen LogP contribution in [0.15, 0.2) is 24.3 Å². The van der Waals surface area contributed by atoms with Gasteiger partial charge in [-0.3, -0.25) is 0 Å². The summed E-state index contributed by atoms with van der Waals surface area (Å²) in [6, 6.07) is 7.34. The number of aldehydes is 1. The molecule has 0 aliphatic heterocycles. The van der Waals surface area contributed by atoms with Crippen molar-refractivity contribution in [2.75, 3.05) is 11.1 Å². The summed E-state index contributed by atoms with van der Waals surface area (Å²) in [5, 5.41) is 0.653. The van der Waals surface area contributed by atoms with Gasteiger partial charge in [-0.2, -0.15) is 0 Å². The van der Waals surface area contributed by atoms with Crippen LogP contribution < -0.4 is 5.73 Å². The minimum absolute atomic E-state index is 0.0643. The topological polar surface area (TPSA) is 43.1 Å². The molecular formula is C9H10BrNO. The smallest absolute Gasteiger partial charge is 0.128 e. The number of anilines is 1. The van der Waals surface area contributed by atoms with Crippen LogP contribution in [-0.4, -0.2) is 11.6 Å². The highest BCUT2D eigenvalue weighted by molar-refractivity contribution is 9.09. The quantitative estimate of drug-likeness (QED) is 0.488. The summed E-state index contributed by atoms with van der Waals surface area (Å²) in [6.07, 6.45) is 0.931. The fourth-order valence-electron chi connectivity index (χ4n) is 0.947. The molecule has 0 saturated carbocycles. The molecule has 0 fully saturated rings. The molecule has 0 heterocycles. The third-order valence-electron chi connectivity index (χ3n) is 1.70. The summed E-state index contributed by atoms with van der Waals surface area (Å²) in [6.45, 7) is 0. The first-order valence-electron chi connectivity index (χ1n) is 3.64. The maximum Gasteiger partial charge on any atom is 0.128 e. The van der Waals surface area contributed by atoms with Gasteiger partial charge in [0.1, 0.15) is 6.29 Å². The highest BCUT2D eigenvalue weighted by atomic mass is 79.9. The van der Waals surface area contributed by atoms with E-state index < -0.39 is 0 Å². The maximum atomic E-state index is 10.6. The van der Waals surface area contributed by atoms with Gasteiger partial charge in [0.05, 0.1) is 0 Å². The normalized spacial score (nSPS) is 12.4. The molecular weight excluding hydrogens is 218 g/mol. The SMILES string of the molecule is Nc1ccc(C(C=O)CBr)cc1. The second kappa shape index (κ2) is 4.26. The first-order valence-corrected chi connectivity index (χ1v) is 4.76. The molecule has 64 valence electrons. The van der Waals surface area contributed by atoms with E-state index in [-0.39, 0.29) is 5.92 Å². The lowest BCUT2D eigenvalue weighted by atomic mass is 10.0. The standard InChI is InChI=1S/C9H10BrNO/c10-5-8(6-12)7-1-3-9(11)4-2-7/h1-4,6,8H,5,11H2. The van der Waals surface area contributed by atoms with Crippen molar-refractivity contribution in [3.63, 3.8) is 0 Å². The highest BCUT2D eigenvalue weighted by Gasteiger charge is 2.06. The average Bonchev–Trinajstić information content (AvgIpc) is 2.10. The fourth-order valence-corrected chi connectivity index (χ4v) is 1.47. The molecule has 0 amide bonds. The summed E-state index contributed by atoms with van der Waals surface area (Å²) < 4.78 is 0. The van der Waals surface area contributed by atoms with Crippen molar-refractivity contribution in [1.82, 2.24) is 0 Å². The van der Waals surface area contributed by atoms with E-state index in [1.807, 2.05) is 12.1 Å². The summed E-state index contributed by atoms with van der Waals surface area (Å²) >= 11 is 3.27. The van der Waals surface area contributed by atoms with Crippen LogP contribution in [0.4, 0.5) is 5.69 Å². The molecule has 2 N–H and O–H groups in total. The van der Waals surface area contributed by atoms with E-state index in [4.69, 9.17) is 5.73 Å². The molecule has 0 aliphatic carbocycles. The number of rotatable bonds is 3. The van der Waals surface area contributed by atoms with Crippen LogP contribution in [0.5, 0.6) is 0 Å². The van der Waals surface area contributed by atoms with E-state index in [0.29, 0.717) is 5.33 Å².